The minimum atomic E-state index is -0.628. The number of phenolic OH excluding ortho intramolecular Hbond substituents is 4. The fourth-order valence-electron chi connectivity index (χ4n) is 3.90. The second-order valence-electron chi connectivity index (χ2n) is 8.69. The van der Waals surface area contributed by atoms with Gasteiger partial charge in [0.15, 0.2) is 28.8 Å². The lowest BCUT2D eigenvalue weighted by Gasteiger charge is -2.12. The van der Waals surface area contributed by atoms with Crippen molar-refractivity contribution in [2.45, 2.75) is 51.2 Å². The third-order valence-corrected chi connectivity index (χ3v) is 5.93. The van der Waals surface area contributed by atoms with E-state index in [2.05, 4.69) is 15.6 Å². The summed E-state index contributed by atoms with van der Waals surface area (Å²) in [5.74, 6) is -1.64. The first-order chi connectivity index (χ1) is 17.3. The summed E-state index contributed by atoms with van der Waals surface area (Å²) in [7, 11) is 0. The van der Waals surface area contributed by atoms with Crippen molar-refractivity contribution in [3.63, 3.8) is 0 Å². The third kappa shape index (κ3) is 6.88. The summed E-state index contributed by atoms with van der Waals surface area (Å²) >= 11 is 0. The van der Waals surface area contributed by atoms with E-state index in [1.165, 1.54) is 24.3 Å². The van der Waals surface area contributed by atoms with Crippen molar-refractivity contribution < 1.29 is 34.8 Å². The maximum absolute atomic E-state index is 12.6. The molecule has 1 aliphatic heterocycles. The Hall–Kier alpha value is -3.79. The van der Waals surface area contributed by atoms with E-state index >= 15 is 0 Å². The van der Waals surface area contributed by atoms with E-state index in [0.29, 0.717) is 25.9 Å². The van der Waals surface area contributed by atoms with Crippen LogP contribution in [0.4, 0.5) is 0 Å². The molecule has 0 aliphatic carbocycles. The number of carbonyl (C=O) groups excluding carboxylic acids is 2. The van der Waals surface area contributed by atoms with Gasteiger partial charge in [-0.2, -0.15) is 0 Å². The van der Waals surface area contributed by atoms with Gasteiger partial charge in [0.05, 0.1) is 11.1 Å². The lowest BCUT2D eigenvalue weighted by molar-refractivity contribution is -0.121. The highest BCUT2D eigenvalue weighted by atomic mass is 16.5. The van der Waals surface area contributed by atoms with Crippen LogP contribution in [0.3, 0.4) is 0 Å². The Labute approximate surface area is 209 Å². The summed E-state index contributed by atoms with van der Waals surface area (Å²) < 4.78 is 5.66. The number of rotatable bonds is 13. The maximum Gasteiger partial charge on any atom is 0.255 e. The van der Waals surface area contributed by atoms with Crippen LogP contribution in [0.15, 0.2) is 41.4 Å². The first-order valence-electron chi connectivity index (χ1n) is 12.1. The number of phenols is 4. The second-order valence-corrected chi connectivity index (χ2v) is 8.69. The number of benzene rings is 2. The van der Waals surface area contributed by atoms with Crippen LogP contribution in [0, 0.1) is 0 Å². The Morgan fingerprint density at radius 3 is 2.36 bits per heavy atom. The molecule has 1 heterocycles. The molecule has 6 N–H and O–H groups in total. The first-order valence-corrected chi connectivity index (χ1v) is 12.1. The van der Waals surface area contributed by atoms with E-state index in [-0.39, 0.29) is 40.1 Å². The van der Waals surface area contributed by atoms with Gasteiger partial charge >= 0.3 is 0 Å². The monoisotopic (exact) mass is 499 g/mol. The number of ketones is 1. The average Bonchev–Trinajstić information content (AvgIpc) is 3.24. The number of para-hydroxylation sites is 2. The van der Waals surface area contributed by atoms with Crippen molar-refractivity contribution in [1.29, 1.82) is 0 Å². The third-order valence-electron chi connectivity index (χ3n) is 5.93. The highest BCUT2D eigenvalue weighted by Gasteiger charge is 2.34. The van der Waals surface area contributed by atoms with E-state index in [9.17, 15) is 30.0 Å². The molecule has 0 saturated carbocycles. The molecule has 0 bridgehead atoms. The highest BCUT2D eigenvalue weighted by Crippen LogP contribution is 2.32. The molecule has 2 aromatic rings. The van der Waals surface area contributed by atoms with Crippen molar-refractivity contribution in [2.75, 3.05) is 19.6 Å². The smallest absolute Gasteiger partial charge is 0.255 e. The molecule has 194 valence electrons. The summed E-state index contributed by atoms with van der Waals surface area (Å²) in [4.78, 5) is 29.0. The number of carbonyl (C=O) groups is 2. The molecule has 10 heteroatoms. The minimum Gasteiger partial charge on any atom is -0.504 e. The molecule has 0 radical (unpaired) electrons. The predicted molar refractivity (Wildman–Crippen MR) is 134 cm³/mol. The van der Waals surface area contributed by atoms with Gasteiger partial charge in [0, 0.05) is 13.0 Å². The Kier molecular flexibility index (Phi) is 9.52. The van der Waals surface area contributed by atoms with E-state index in [4.69, 9.17) is 4.74 Å². The van der Waals surface area contributed by atoms with Gasteiger partial charge in [0.1, 0.15) is 12.1 Å². The number of unbranched alkanes of at least 4 members (excludes halogenated alkanes) is 2. The van der Waals surface area contributed by atoms with Crippen LogP contribution in [0.2, 0.25) is 0 Å². The van der Waals surface area contributed by atoms with Crippen LogP contribution in [0.1, 0.15) is 54.9 Å². The van der Waals surface area contributed by atoms with Gasteiger partial charge < -0.3 is 35.8 Å². The average molecular weight is 500 g/mol. The van der Waals surface area contributed by atoms with E-state index < -0.39 is 23.8 Å². The van der Waals surface area contributed by atoms with E-state index in [1.807, 2.05) is 0 Å². The molecule has 0 aromatic heterocycles. The van der Waals surface area contributed by atoms with Gasteiger partial charge in [0.25, 0.3) is 5.91 Å². The summed E-state index contributed by atoms with van der Waals surface area (Å²) in [5, 5.41) is 44.9. The topological polar surface area (TPSA) is 161 Å². The SMILES string of the molecule is CC1OC(c2cccc(O)c2O)=N[C@@H]1C(=O)CCCCCNCCCNC(=O)c1cccc(O)c1O. The molecule has 10 nitrogen and oxygen atoms in total. The van der Waals surface area contributed by atoms with Crippen LogP contribution in [-0.4, -0.2) is 69.8 Å². The molecule has 36 heavy (non-hydrogen) atoms. The molecule has 1 unspecified atom stereocenters. The molecule has 2 aromatic carbocycles. The van der Waals surface area contributed by atoms with Crippen molar-refractivity contribution in [3.05, 3.63) is 47.5 Å². The lowest BCUT2D eigenvalue weighted by Crippen LogP contribution is -2.28. The minimum absolute atomic E-state index is 0.0152. The molecule has 0 spiro atoms. The second kappa shape index (κ2) is 12.8. The number of nitrogens with one attached hydrogen (secondary N) is 2. The zero-order valence-corrected chi connectivity index (χ0v) is 20.2. The number of hydrogen-bond acceptors (Lipinski definition) is 9. The Morgan fingerprint density at radius 1 is 0.889 bits per heavy atom. The quantitative estimate of drug-likeness (QED) is 0.181. The number of Topliss-reactive ketones (excluding diaryl/α,β-unsaturated/α-hetero) is 1. The maximum atomic E-state index is 12.6. The molecule has 2 atom stereocenters. The number of hydrogen-bond donors (Lipinski definition) is 6. The highest BCUT2D eigenvalue weighted by molar-refractivity contribution is 6.01. The summed E-state index contributed by atoms with van der Waals surface area (Å²) in [6.07, 6.45) is 3.16. The van der Waals surface area contributed by atoms with Crippen LogP contribution < -0.4 is 10.6 Å². The number of aromatic hydroxyl groups is 4. The number of ether oxygens (including phenoxy) is 1. The standard InChI is InChI=1S/C26H33N3O7/c1-16-22(29-26(36-16)18-9-6-12-21(32)24(18)34)19(30)10-3-2-4-13-27-14-7-15-28-25(35)17-8-5-11-20(31)23(17)33/h5-6,8-9,11-12,16,22,27,31-34H,2-4,7,10,13-15H2,1H3,(H,28,35)/t16?,22-/m0/s1. The fraction of sp³-hybridized carbons (Fsp3) is 0.423. The zero-order valence-electron chi connectivity index (χ0n) is 20.2. The molecular weight excluding hydrogens is 466 g/mol. The molecule has 0 saturated heterocycles. The predicted octanol–water partition coefficient (Wildman–Crippen LogP) is 2.58. The van der Waals surface area contributed by atoms with Gasteiger partial charge in [-0.15, -0.1) is 0 Å². The van der Waals surface area contributed by atoms with Gasteiger partial charge in [-0.3, -0.25) is 9.59 Å². The van der Waals surface area contributed by atoms with Crippen LogP contribution in [0.5, 0.6) is 23.0 Å². The van der Waals surface area contributed by atoms with Gasteiger partial charge in [-0.1, -0.05) is 18.6 Å². The van der Waals surface area contributed by atoms with Crippen molar-refractivity contribution in [3.8, 4) is 23.0 Å². The van der Waals surface area contributed by atoms with Crippen molar-refractivity contribution in [1.82, 2.24) is 10.6 Å². The normalized spacial score (nSPS) is 16.9. The Balaban J connectivity index is 1.27. The molecule has 0 fully saturated rings. The van der Waals surface area contributed by atoms with Crippen LogP contribution in [-0.2, 0) is 9.53 Å². The van der Waals surface area contributed by atoms with Gasteiger partial charge in [-0.25, -0.2) is 4.99 Å². The van der Waals surface area contributed by atoms with Gasteiger partial charge in [-0.05, 0) is 63.5 Å². The Morgan fingerprint density at radius 2 is 1.58 bits per heavy atom. The van der Waals surface area contributed by atoms with Crippen molar-refractivity contribution in [2.24, 2.45) is 4.99 Å². The summed E-state index contributed by atoms with van der Waals surface area (Å²) in [6, 6.07) is 8.13. The molecular formula is C26H33N3O7. The number of nitrogens with zero attached hydrogens (tertiary/aromatic N) is 1. The van der Waals surface area contributed by atoms with Gasteiger partial charge in [0.2, 0.25) is 5.90 Å². The summed E-state index contributed by atoms with van der Waals surface area (Å²) in [6.45, 7) is 3.69. The zero-order chi connectivity index (χ0) is 26.1. The Bertz CT molecular complexity index is 1100. The molecule has 1 aliphatic rings. The fourth-order valence-corrected chi connectivity index (χ4v) is 3.90. The molecule has 3 rings (SSSR count). The lowest BCUT2D eigenvalue weighted by atomic mass is 10.0. The van der Waals surface area contributed by atoms with Crippen LogP contribution in [0.25, 0.3) is 0 Å². The number of amides is 1. The van der Waals surface area contributed by atoms with Crippen LogP contribution >= 0.6 is 0 Å². The van der Waals surface area contributed by atoms with E-state index in [1.54, 1.807) is 19.1 Å². The largest absolute Gasteiger partial charge is 0.504 e. The van der Waals surface area contributed by atoms with E-state index in [0.717, 1.165) is 25.8 Å². The summed E-state index contributed by atoms with van der Waals surface area (Å²) in [5.41, 5.74) is 0.302. The molecule has 1 amide bonds. The first kappa shape index (κ1) is 26.8. The number of aliphatic imine (C=N–C) groups is 1. The van der Waals surface area contributed by atoms with Crippen molar-refractivity contribution >= 4 is 17.6 Å².